The monoisotopic (exact) mass is 447 g/mol. The molecule has 12 heteroatoms. The van der Waals surface area contributed by atoms with E-state index in [1.807, 2.05) is 0 Å². The highest BCUT2D eigenvalue weighted by Gasteiger charge is 2.36. The number of rotatable bonds is 4. The van der Waals surface area contributed by atoms with Gasteiger partial charge in [0.15, 0.2) is 0 Å². The minimum absolute atomic E-state index is 0.0629. The van der Waals surface area contributed by atoms with Crippen molar-refractivity contribution >= 4 is 29.4 Å². The lowest BCUT2D eigenvalue weighted by Gasteiger charge is -2.25. The fraction of sp³-hybridized carbons (Fsp3) is 0.389. The molecule has 0 saturated carbocycles. The number of nitrogens with zero attached hydrogens (tertiary/aromatic N) is 3. The Kier molecular flexibility index (Phi) is 6.46. The molecule has 6 nitrogen and oxygen atoms in total. The second kappa shape index (κ2) is 8.72. The first-order chi connectivity index (χ1) is 14.1. The Morgan fingerprint density at radius 2 is 1.97 bits per heavy atom. The van der Waals surface area contributed by atoms with Gasteiger partial charge < -0.3 is 10.2 Å². The lowest BCUT2D eigenvalue weighted by atomic mass is 10.1. The molecule has 1 aliphatic heterocycles. The third-order valence-electron chi connectivity index (χ3n) is 4.54. The van der Waals surface area contributed by atoms with E-state index in [0.29, 0.717) is 16.8 Å². The van der Waals surface area contributed by atoms with Gasteiger partial charge >= 0.3 is 6.18 Å². The molecule has 3 rings (SSSR count). The van der Waals surface area contributed by atoms with Crippen molar-refractivity contribution in [3.05, 3.63) is 41.7 Å². The summed E-state index contributed by atoms with van der Waals surface area (Å²) in [6, 6.07) is 4.68. The molecule has 0 unspecified atom stereocenters. The van der Waals surface area contributed by atoms with Crippen LogP contribution in [0.15, 0.2) is 35.5 Å². The maximum atomic E-state index is 13.7. The Balaban J connectivity index is 1.95. The largest absolute Gasteiger partial charge is 0.433 e. The summed E-state index contributed by atoms with van der Waals surface area (Å²) in [4.78, 5) is 21.7. The van der Waals surface area contributed by atoms with Crippen LogP contribution in [0.4, 0.5) is 33.5 Å². The van der Waals surface area contributed by atoms with E-state index in [1.165, 1.54) is 23.2 Å². The molecule has 0 bridgehead atoms. The van der Waals surface area contributed by atoms with E-state index < -0.39 is 30.1 Å². The van der Waals surface area contributed by atoms with Gasteiger partial charge in [-0.15, -0.1) is 0 Å². The Morgan fingerprint density at radius 3 is 2.67 bits per heavy atom. The van der Waals surface area contributed by atoms with Crippen molar-refractivity contribution in [2.45, 2.75) is 36.4 Å². The predicted molar refractivity (Wildman–Crippen MR) is 102 cm³/mol. The molecule has 0 radical (unpaired) electrons. The number of halogens is 5. The summed E-state index contributed by atoms with van der Waals surface area (Å²) in [5.74, 6) is -3.91. The number of carbonyl (C=O) groups excluding carboxylic acids is 1. The van der Waals surface area contributed by atoms with Crippen LogP contribution in [-0.4, -0.2) is 34.9 Å². The van der Waals surface area contributed by atoms with Crippen molar-refractivity contribution < 1.29 is 26.7 Å². The molecular formula is C18H18F5N5OS. The molecule has 30 heavy (non-hydrogen) atoms. The van der Waals surface area contributed by atoms with E-state index in [-0.39, 0.29) is 37.3 Å². The van der Waals surface area contributed by atoms with E-state index in [4.69, 9.17) is 5.14 Å². The van der Waals surface area contributed by atoms with Gasteiger partial charge in [0.2, 0.25) is 5.92 Å². The molecule has 0 spiro atoms. The fourth-order valence-electron chi connectivity index (χ4n) is 3.05. The first-order valence-electron chi connectivity index (χ1n) is 8.94. The van der Waals surface area contributed by atoms with E-state index in [1.54, 1.807) is 0 Å². The summed E-state index contributed by atoms with van der Waals surface area (Å²) in [5, 5.41) is 8.42. The molecule has 0 aromatic carbocycles. The molecule has 1 amide bonds. The smallest absolute Gasteiger partial charge is 0.356 e. The summed E-state index contributed by atoms with van der Waals surface area (Å²) in [6.45, 7) is -0.155. The number of nitrogens with one attached hydrogen (secondary N) is 1. The zero-order valence-corrected chi connectivity index (χ0v) is 16.4. The van der Waals surface area contributed by atoms with E-state index in [0.717, 1.165) is 18.0 Å². The first kappa shape index (κ1) is 22.2. The minimum atomic E-state index is -4.74. The van der Waals surface area contributed by atoms with Crippen LogP contribution >= 0.6 is 11.9 Å². The highest BCUT2D eigenvalue weighted by Crippen LogP contribution is 2.34. The number of aromatic nitrogens is 2. The van der Waals surface area contributed by atoms with Gasteiger partial charge in [0.1, 0.15) is 16.5 Å². The zero-order valence-electron chi connectivity index (χ0n) is 15.5. The minimum Gasteiger partial charge on any atom is -0.356 e. The van der Waals surface area contributed by atoms with Gasteiger partial charge in [-0.2, -0.15) is 13.2 Å². The summed E-state index contributed by atoms with van der Waals surface area (Å²) < 4.78 is 67.0. The topological polar surface area (TPSA) is 84.1 Å². The maximum absolute atomic E-state index is 13.7. The second-order valence-electron chi connectivity index (χ2n) is 6.72. The van der Waals surface area contributed by atoms with Crippen LogP contribution in [0, 0.1) is 0 Å². The number of nitrogens with two attached hydrogens (primary N) is 1. The van der Waals surface area contributed by atoms with Crippen LogP contribution in [0.2, 0.25) is 0 Å². The van der Waals surface area contributed by atoms with Crippen molar-refractivity contribution in [2.75, 3.05) is 23.3 Å². The quantitative estimate of drug-likeness (QED) is 0.536. The maximum Gasteiger partial charge on any atom is 0.433 e. The number of alkyl halides is 5. The molecule has 3 N–H and O–H groups in total. The Labute approximate surface area is 173 Å². The molecule has 2 aromatic rings. The Hall–Kier alpha value is -2.47. The molecule has 0 atom stereocenters. The highest BCUT2D eigenvalue weighted by molar-refractivity contribution is 7.97. The number of pyridine rings is 2. The molecule has 1 saturated heterocycles. The van der Waals surface area contributed by atoms with E-state index in [2.05, 4.69) is 15.3 Å². The number of hydrogen-bond donors (Lipinski definition) is 2. The zero-order chi connectivity index (χ0) is 21.9. The van der Waals surface area contributed by atoms with Gasteiger partial charge in [0.25, 0.3) is 5.91 Å². The average molecular weight is 447 g/mol. The highest BCUT2D eigenvalue weighted by atomic mass is 32.2. The standard InChI is InChI=1S/C18H18F5N5OS/c19-17(20)5-1-8-28(9-6-17)15-12(2-3-13(27-15)18(21,22)23)16(29)26-11-4-7-25-14(10-11)30-24/h2-4,7,10H,1,5-6,8-9,24H2,(H,25,26,29). The molecule has 0 aliphatic carbocycles. The molecule has 1 aliphatic rings. The molecule has 2 aromatic heterocycles. The summed E-state index contributed by atoms with van der Waals surface area (Å²) in [6.07, 6.45) is -4.17. The second-order valence-corrected chi connectivity index (χ2v) is 7.37. The SMILES string of the molecule is NSc1cc(NC(=O)c2ccc(C(F)(F)F)nc2N2CCCC(F)(F)CC2)ccn1. The molecule has 162 valence electrons. The number of anilines is 2. The van der Waals surface area contributed by atoms with Crippen LogP contribution in [0.1, 0.15) is 35.3 Å². The molecule has 1 fully saturated rings. The molecule has 3 heterocycles. The molecular weight excluding hydrogens is 429 g/mol. The van der Waals surface area contributed by atoms with Crippen molar-refractivity contribution in [2.24, 2.45) is 5.14 Å². The van der Waals surface area contributed by atoms with Crippen molar-refractivity contribution in [3.8, 4) is 0 Å². The number of carbonyl (C=O) groups is 1. The fourth-order valence-corrected chi connectivity index (χ4v) is 3.37. The van der Waals surface area contributed by atoms with Crippen LogP contribution in [0.5, 0.6) is 0 Å². The van der Waals surface area contributed by atoms with Gasteiger partial charge in [-0.1, -0.05) is 0 Å². The average Bonchev–Trinajstić information content (AvgIpc) is 2.87. The van der Waals surface area contributed by atoms with E-state index >= 15 is 0 Å². The van der Waals surface area contributed by atoms with Gasteiger partial charge in [-0.25, -0.2) is 18.7 Å². The van der Waals surface area contributed by atoms with Gasteiger partial charge in [-0.3, -0.25) is 9.93 Å². The lowest BCUT2D eigenvalue weighted by Crippen LogP contribution is -2.30. The van der Waals surface area contributed by atoms with Gasteiger partial charge in [0, 0.05) is 37.8 Å². The van der Waals surface area contributed by atoms with Crippen molar-refractivity contribution in [1.82, 2.24) is 9.97 Å². The van der Waals surface area contributed by atoms with Crippen molar-refractivity contribution in [3.63, 3.8) is 0 Å². The van der Waals surface area contributed by atoms with Gasteiger partial charge in [0.05, 0.1) is 5.56 Å². The third-order valence-corrected chi connectivity index (χ3v) is 5.01. The summed E-state index contributed by atoms with van der Waals surface area (Å²) in [7, 11) is 0. The van der Waals surface area contributed by atoms with Crippen LogP contribution < -0.4 is 15.4 Å². The Morgan fingerprint density at radius 1 is 1.20 bits per heavy atom. The van der Waals surface area contributed by atoms with Crippen molar-refractivity contribution in [1.29, 1.82) is 0 Å². The number of hydrogen-bond acceptors (Lipinski definition) is 6. The number of amides is 1. The van der Waals surface area contributed by atoms with Gasteiger partial charge in [-0.05, 0) is 42.6 Å². The lowest BCUT2D eigenvalue weighted by molar-refractivity contribution is -0.141. The van der Waals surface area contributed by atoms with Crippen LogP contribution in [-0.2, 0) is 6.18 Å². The summed E-state index contributed by atoms with van der Waals surface area (Å²) in [5.41, 5.74) is -1.01. The normalized spacial score (nSPS) is 16.8. The van der Waals surface area contributed by atoms with E-state index in [9.17, 15) is 26.7 Å². The Bertz CT molecular complexity index is 924. The third kappa shape index (κ3) is 5.36. The first-order valence-corrected chi connectivity index (χ1v) is 9.82. The van der Waals surface area contributed by atoms with Crippen LogP contribution in [0.3, 0.4) is 0 Å². The predicted octanol–water partition coefficient (Wildman–Crippen LogP) is 4.34. The van der Waals surface area contributed by atoms with Crippen LogP contribution in [0.25, 0.3) is 0 Å². The summed E-state index contributed by atoms with van der Waals surface area (Å²) >= 11 is 0.860.